The van der Waals surface area contributed by atoms with Crippen LogP contribution in [0.4, 0.5) is 0 Å². The van der Waals surface area contributed by atoms with Gasteiger partial charge in [-0.25, -0.2) is 0 Å². The van der Waals surface area contributed by atoms with Gasteiger partial charge < -0.3 is 0 Å². The zero-order valence-corrected chi connectivity index (χ0v) is 8.96. The molecule has 0 amide bonds. The number of rotatable bonds is 1. The first kappa shape index (κ1) is 8.74. The summed E-state index contributed by atoms with van der Waals surface area (Å²) in [4.78, 5) is 0. The van der Waals surface area contributed by atoms with E-state index in [9.17, 15) is 0 Å². The topological polar surface area (TPSA) is 26.0 Å². The first-order valence-corrected chi connectivity index (χ1v) is 4.74. The first-order chi connectivity index (χ1) is 5.38. The minimum atomic E-state index is 1.02. The van der Waals surface area contributed by atoms with Gasteiger partial charge in [-0.2, -0.15) is 0 Å². The molecular formula is C9H8NY. The molecule has 0 aromatic heterocycles. The van der Waals surface area contributed by atoms with Crippen molar-refractivity contribution in [3.05, 3.63) is 41.6 Å². The molecule has 1 nitrogen and oxygen atoms in total. The van der Waals surface area contributed by atoms with Gasteiger partial charge in [0.25, 0.3) is 0 Å². The van der Waals surface area contributed by atoms with Gasteiger partial charge in [-0.3, -0.25) is 0 Å². The summed E-state index contributed by atoms with van der Waals surface area (Å²) in [5, 5.41) is 0. The van der Waals surface area contributed by atoms with E-state index in [1.54, 1.807) is 6.20 Å². The van der Waals surface area contributed by atoms with Crippen molar-refractivity contribution in [2.24, 2.45) is 5.73 Å². The van der Waals surface area contributed by atoms with E-state index in [1.165, 1.54) is 0 Å². The summed E-state index contributed by atoms with van der Waals surface area (Å²) in [5.41, 5.74) is 7.58. The van der Waals surface area contributed by atoms with Crippen LogP contribution in [-0.4, -0.2) is 0 Å². The van der Waals surface area contributed by atoms with Gasteiger partial charge in [0.2, 0.25) is 0 Å². The zero-order valence-electron chi connectivity index (χ0n) is 6.12. The fourth-order valence-electron chi connectivity index (χ4n) is 0.877. The SMILES string of the molecule is N/C=C/c1ccccc1[C]#[Y]. The second kappa shape index (κ2) is 4.51. The number of hydrogen-bond donors (Lipinski definition) is 1. The van der Waals surface area contributed by atoms with Crippen LogP contribution in [0.3, 0.4) is 0 Å². The monoisotopic (exact) mass is 219 g/mol. The van der Waals surface area contributed by atoms with Crippen LogP contribution in [-0.2, 0) is 30.2 Å². The average Bonchev–Trinajstić information content (AvgIpc) is 2.06. The molecule has 0 aliphatic heterocycles. The molecule has 0 bridgehead atoms. The second-order valence-corrected chi connectivity index (χ2v) is 2.80. The summed E-state index contributed by atoms with van der Waals surface area (Å²) in [5.74, 6) is 0. The Labute approximate surface area is 85.7 Å². The summed E-state index contributed by atoms with van der Waals surface area (Å²) < 4.78 is 3.20. The second-order valence-electron chi connectivity index (χ2n) is 2.09. The Morgan fingerprint density at radius 1 is 1.36 bits per heavy atom. The Morgan fingerprint density at radius 3 is 2.73 bits per heavy atom. The van der Waals surface area contributed by atoms with Gasteiger partial charge in [0.15, 0.2) is 0 Å². The van der Waals surface area contributed by atoms with E-state index in [1.807, 2.05) is 30.3 Å². The number of hydrogen-bond acceptors (Lipinski definition) is 1. The van der Waals surface area contributed by atoms with E-state index in [4.69, 9.17) is 5.73 Å². The van der Waals surface area contributed by atoms with E-state index >= 15 is 0 Å². The van der Waals surface area contributed by atoms with Gasteiger partial charge in [0.05, 0.1) is 0 Å². The molecule has 1 rings (SSSR count). The van der Waals surface area contributed by atoms with Crippen molar-refractivity contribution in [2.75, 3.05) is 0 Å². The van der Waals surface area contributed by atoms with E-state index in [0.29, 0.717) is 0 Å². The maximum absolute atomic E-state index is 5.29. The fourth-order valence-corrected chi connectivity index (χ4v) is 1.52. The van der Waals surface area contributed by atoms with Crippen molar-refractivity contribution in [1.29, 1.82) is 0 Å². The maximum atomic E-state index is 5.29. The Bertz CT molecular complexity index is 310. The van der Waals surface area contributed by atoms with E-state index in [-0.39, 0.29) is 0 Å². The number of benzene rings is 1. The van der Waals surface area contributed by atoms with Crippen molar-refractivity contribution < 1.29 is 30.2 Å². The first-order valence-electron chi connectivity index (χ1n) is 3.32. The molecule has 0 saturated heterocycles. The molecule has 0 atom stereocenters. The van der Waals surface area contributed by atoms with Gasteiger partial charge >= 0.3 is 86.2 Å². The molecular weight excluding hydrogens is 211 g/mol. The quantitative estimate of drug-likeness (QED) is 0.760. The fraction of sp³-hybridized carbons (Fsp3) is 0. The Morgan fingerprint density at radius 2 is 2.09 bits per heavy atom. The van der Waals surface area contributed by atoms with Crippen molar-refractivity contribution in [1.82, 2.24) is 0 Å². The molecule has 0 aliphatic carbocycles. The standard InChI is InChI=1S/C9H8N.Y/c1-8-4-2-3-5-9(8)6-7-10;/h2-7H,10H2;/b7-6+;. The Hall–Kier alpha value is -0.356. The number of nitrogens with two attached hydrogens (primary N) is 1. The van der Waals surface area contributed by atoms with Gasteiger partial charge in [0.1, 0.15) is 0 Å². The average molecular weight is 219 g/mol. The third-order valence-electron chi connectivity index (χ3n) is 1.39. The third-order valence-corrected chi connectivity index (χ3v) is 2.16. The van der Waals surface area contributed by atoms with E-state index in [2.05, 4.69) is 2.59 Å². The van der Waals surface area contributed by atoms with Crippen LogP contribution in [0.5, 0.6) is 0 Å². The molecule has 0 radical (unpaired) electrons. The predicted octanol–water partition coefficient (Wildman–Crippen LogP) is 1.47. The van der Waals surface area contributed by atoms with Crippen LogP contribution < -0.4 is 5.73 Å². The van der Waals surface area contributed by atoms with Gasteiger partial charge in [-0.1, -0.05) is 0 Å². The molecule has 0 spiro atoms. The Balaban J connectivity index is 3.15. The van der Waals surface area contributed by atoms with Crippen LogP contribution in [0, 0.1) is 2.59 Å². The molecule has 0 saturated carbocycles. The van der Waals surface area contributed by atoms with Crippen molar-refractivity contribution in [3.8, 4) is 2.59 Å². The molecule has 1 aromatic rings. The summed E-state index contributed by atoms with van der Waals surface area (Å²) >= 11 is 1.02. The molecule has 0 aliphatic rings. The predicted molar refractivity (Wildman–Crippen MR) is 42.7 cm³/mol. The molecule has 1 aromatic carbocycles. The van der Waals surface area contributed by atoms with Crippen molar-refractivity contribution in [2.45, 2.75) is 0 Å². The van der Waals surface area contributed by atoms with Crippen LogP contribution in [0.25, 0.3) is 6.08 Å². The minimum absolute atomic E-state index is 1.02. The molecule has 52 valence electrons. The van der Waals surface area contributed by atoms with E-state index in [0.717, 1.165) is 41.4 Å². The molecule has 0 fully saturated rings. The molecule has 2 heteroatoms. The van der Waals surface area contributed by atoms with Crippen LogP contribution in [0.1, 0.15) is 11.1 Å². The van der Waals surface area contributed by atoms with E-state index < -0.39 is 0 Å². The normalized spacial score (nSPS) is 10.0. The summed E-state index contributed by atoms with van der Waals surface area (Å²) in [6, 6.07) is 8.08. The molecule has 11 heavy (non-hydrogen) atoms. The van der Waals surface area contributed by atoms with Crippen molar-refractivity contribution in [3.63, 3.8) is 0 Å². The summed E-state index contributed by atoms with van der Waals surface area (Å²) in [7, 11) is 0. The third kappa shape index (κ3) is 2.30. The molecule has 2 N–H and O–H groups in total. The molecule has 0 unspecified atom stereocenters. The van der Waals surface area contributed by atoms with Crippen LogP contribution >= 0.6 is 0 Å². The summed E-state index contributed by atoms with van der Waals surface area (Å²) in [6.45, 7) is 0. The zero-order chi connectivity index (χ0) is 8.10. The van der Waals surface area contributed by atoms with Gasteiger partial charge in [-0.05, 0) is 0 Å². The van der Waals surface area contributed by atoms with Crippen LogP contribution in [0.15, 0.2) is 30.5 Å². The summed E-state index contributed by atoms with van der Waals surface area (Å²) in [6.07, 6.45) is 3.44. The van der Waals surface area contributed by atoms with Crippen LogP contribution in [0.2, 0.25) is 0 Å². The molecule has 0 heterocycles. The van der Waals surface area contributed by atoms with Crippen molar-refractivity contribution >= 4 is 6.08 Å². The Kier molecular flexibility index (Phi) is 3.58. The van der Waals surface area contributed by atoms with Gasteiger partial charge in [0, 0.05) is 0 Å². The van der Waals surface area contributed by atoms with Gasteiger partial charge in [-0.15, -0.1) is 0 Å².